The number of hydrogen-bond donors (Lipinski definition) is 1. The fourth-order valence-corrected chi connectivity index (χ4v) is 3.66. The Morgan fingerprint density at radius 3 is 2.80 bits per heavy atom. The van der Waals surface area contributed by atoms with Crippen molar-refractivity contribution in [1.82, 2.24) is 10.2 Å². The van der Waals surface area contributed by atoms with E-state index in [9.17, 15) is 4.79 Å². The van der Waals surface area contributed by atoms with Gasteiger partial charge < -0.3 is 10.2 Å². The summed E-state index contributed by atoms with van der Waals surface area (Å²) in [7, 11) is 0. The van der Waals surface area contributed by atoms with Gasteiger partial charge in [0.1, 0.15) is 0 Å². The van der Waals surface area contributed by atoms with Crippen molar-refractivity contribution in [2.45, 2.75) is 39.2 Å². The molecule has 1 amide bonds. The number of carbonyl (C=O) groups excluding carboxylic acids is 1. The molecule has 108 valence electrons. The number of likely N-dealkylation sites (tertiary alicyclic amines) is 1. The van der Waals surface area contributed by atoms with E-state index in [1.807, 2.05) is 0 Å². The minimum absolute atomic E-state index is 0.112. The summed E-state index contributed by atoms with van der Waals surface area (Å²) >= 11 is 0. The Hall–Kier alpha value is -1.35. The normalized spacial score (nSPS) is 27.1. The summed E-state index contributed by atoms with van der Waals surface area (Å²) in [6, 6.07) is 8.39. The molecule has 2 aliphatic rings. The summed E-state index contributed by atoms with van der Waals surface area (Å²) in [4.78, 5) is 15.0. The number of aryl methyl sites for hydroxylation is 1. The molecule has 2 saturated heterocycles. The largest absolute Gasteiger partial charge is 0.338 e. The van der Waals surface area contributed by atoms with Crippen molar-refractivity contribution in [2.24, 2.45) is 5.41 Å². The molecule has 1 unspecified atom stereocenters. The molecule has 0 bridgehead atoms. The average Bonchev–Trinajstić information content (AvgIpc) is 2.47. The molecule has 0 radical (unpaired) electrons. The van der Waals surface area contributed by atoms with E-state index in [0.29, 0.717) is 5.91 Å². The van der Waals surface area contributed by atoms with Crippen LogP contribution in [0.3, 0.4) is 0 Å². The predicted octanol–water partition coefficient (Wildman–Crippen LogP) is 2.49. The third-order valence-corrected chi connectivity index (χ3v) is 4.92. The third kappa shape index (κ3) is 2.47. The van der Waals surface area contributed by atoms with Gasteiger partial charge in [0.05, 0.1) is 5.41 Å². The van der Waals surface area contributed by atoms with Gasteiger partial charge in [-0.3, -0.25) is 4.79 Å². The maximum absolute atomic E-state index is 12.9. The predicted molar refractivity (Wildman–Crippen MR) is 80.4 cm³/mol. The van der Waals surface area contributed by atoms with Gasteiger partial charge in [-0.15, -0.1) is 0 Å². The van der Waals surface area contributed by atoms with Crippen LogP contribution in [0.15, 0.2) is 24.3 Å². The Labute approximate surface area is 121 Å². The quantitative estimate of drug-likeness (QED) is 0.897. The molecule has 0 aromatic heterocycles. The Morgan fingerprint density at radius 1 is 1.25 bits per heavy atom. The van der Waals surface area contributed by atoms with E-state index in [1.54, 1.807) is 0 Å². The molecule has 2 fully saturated rings. The monoisotopic (exact) mass is 272 g/mol. The Bertz CT molecular complexity index is 486. The summed E-state index contributed by atoms with van der Waals surface area (Å²) in [6.07, 6.45) is 4.38. The number of benzene rings is 1. The average molecular weight is 272 g/mol. The van der Waals surface area contributed by atoms with E-state index < -0.39 is 0 Å². The molecule has 20 heavy (non-hydrogen) atoms. The maximum atomic E-state index is 12.9. The van der Waals surface area contributed by atoms with Crippen LogP contribution in [0.4, 0.5) is 0 Å². The van der Waals surface area contributed by atoms with Gasteiger partial charge >= 0.3 is 0 Å². The van der Waals surface area contributed by atoms with Crippen molar-refractivity contribution in [1.29, 1.82) is 0 Å². The molecule has 3 rings (SSSR count). The van der Waals surface area contributed by atoms with Crippen LogP contribution >= 0.6 is 0 Å². The summed E-state index contributed by atoms with van der Waals surface area (Å²) in [5, 5.41) is 3.42. The first-order valence-corrected chi connectivity index (χ1v) is 7.76. The molecule has 1 spiro atoms. The van der Waals surface area contributed by atoms with Crippen LogP contribution in [0.25, 0.3) is 0 Å². The molecular weight excluding hydrogens is 248 g/mol. The van der Waals surface area contributed by atoms with Gasteiger partial charge in [-0.1, -0.05) is 24.3 Å². The highest BCUT2D eigenvalue weighted by Crippen LogP contribution is 2.37. The zero-order valence-electron chi connectivity index (χ0n) is 12.3. The van der Waals surface area contributed by atoms with Crippen LogP contribution in [0.1, 0.15) is 36.8 Å². The summed E-state index contributed by atoms with van der Waals surface area (Å²) in [6.45, 7) is 5.74. The number of amides is 1. The second-order valence-electron chi connectivity index (χ2n) is 6.32. The fourth-order valence-electron chi connectivity index (χ4n) is 3.66. The number of piperidine rings is 2. The molecule has 0 saturated carbocycles. The minimum atomic E-state index is -0.112. The molecule has 1 N–H and O–H groups in total. The number of carbonyl (C=O) groups is 1. The summed E-state index contributed by atoms with van der Waals surface area (Å²) in [5.74, 6) is 0.374. The molecule has 2 heterocycles. The molecule has 3 heteroatoms. The van der Waals surface area contributed by atoms with Gasteiger partial charge in [-0.05, 0) is 50.3 Å². The molecule has 1 atom stereocenters. The Kier molecular flexibility index (Phi) is 3.79. The topological polar surface area (TPSA) is 32.3 Å². The first kappa shape index (κ1) is 13.6. The lowest BCUT2D eigenvalue weighted by atomic mass is 9.73. The zero-order chi connectivity index (χ0) is 14.0. The number of hydrogen-bond acceptors (Lipinski definition) is 2. The highest BCUT2D eigenvalue weighted by atomic mass is 16.2. The van der Waals surface area contributed by atoms with Crippen molar-refractivity contribution < 1.29 is 4.79 Å². The highest BCUT2D eigenvalue weighted by Gasteiger charge is 2.44. The number of nitrogens with one attached hydrogen (secondary N) is 1. The number of rotatable bonds is 2. The molecular formula is C17H24N2O. The molecule has 1 aromatic carbocycles. The smallest absolute Gasteiger partial charge is 0.230 e. The van der Waals surface area contributed by atoms with E-state index in [0.717, 1.165) is 51.9 Å². The second-order valence-corrected chi connectivity index (χ2v) is 6.32. The van der Waals surface area contributed by atoms with Crippen LogP contribution in [-0.4, -0.2) is 30.4 Å². The summed E-state index contributed by atoms with van der Waals surface area (Å²) < 4.78 is 0. The lowest BCUT2D eigenvalue weighted by molar-refractivity contribution is -0.148. The lowest BCUT2D eigenvalue weighted by Crippen LogP contribution is -2.54. The van der Waals surface area contributed by atoms with Gasteiger partial charge in [0, 0.05) is 19.6 Å². The van der Waals surface area contributed by atoms with Crippen LogP contribution in [0.2, 0.25) is 0 Å². The SMILES string of the molecule is Cc1ccccc1CN1CCCC2(CCCNC2)C1=O. The highest BCUT2D eigenvalue weighted by molar-refractivity contribution is 5.84. The standard InChI is InChI=1S/C17H24N2O/c1-14-6-2-3-7-15(14)12-19-11-5-9-17(16(19)20)8-4-10-18-13-17/h2-3,6-7,18H,4-5,8-13H2,1H3. The van der Waals surface area contributed by atoms with Gasteiger partial charge in [0.15, 0.2) is 0 Å². The van der Waals surface area contributed by atoms with Gasteiger partial charge in [0.2, 0.25) is 5.91 Å². The first-order chi connectivity index (χ1) is 9.71. The Balaban J connectivity index is 1.77. The fraction of sp³-hybridized carbons (Fsp3) is 0.588. The molecule has 2 aliphatic heterocycles. The van der Waals surface area contributed by atoms with Crippen molar-refractivity contribution in [2.75, 3.05) is 19.6 Å². The van der Waals surface area contributed by atoms with Crippen LogP contribution in [0, 0.1) is 12.3 Å². The molecule has 1 aromatic rings. The third-order valence-electron chi connectivity index (χ3n) is 4.92. The van der Waals surface area contributed by atoms with Crippen molar-refractivity contribution in [3.8, 4) is 0 Å². The van der Waals surface area contributed by atoms with Gasteiger partial charge in [-0.25, -0.2) is 0 Å². The van der Waals surface area contributed by atoms with E-state index in [1.165, 1.54) is 11.1 Å². The zero-order valence-corrected chi connectivity index (χ0v) is 12.3. The van der Waals surface area contributed by atoms with Crippen LogP contribution < -0.4 is 5.32 Å². The van der Waals surface area contributed by atoms with E-state index in [2.05, 4.69) is 41.4 Å². The molecule has 3 nitrogen and oxygen atoms in total. The van der Waals surface area contributed by atoms with E-state index in [4.69, 9.17) is 0 Å². The maximum Gasteiger partial charge on any atom is 0.230 e. The molecule has 0 aliphatic carbocycles. The second kappa shape index (κ2) is 5.57. The Morgan fingerprint density at radius 2 is 2.05 bits per heavy atom. The summed E-state index contributed by atoms with van der Waals surface area (Å²) in [5.41, 5.74) is 2.45. The van der Waals surface area contributed by atoms with Crippen molar-refractivity contribution in [3.05, 3.63) is 35.4 Å². The van der Waals surface area contributed by atoms with E-state index in [-0.39, 0.29) is 5.41 Å². The minimum Gasteiger partial charge on any atom is -0.338 e. The van der Waals surface area contributed by atoms with E-state index >= 15 is 0 Å². The van der Waals surface area contributed by atoms with Crippen molar-refractivity contribution in [3.63, 3.8) is 0 Å². The lowest BCUT2D eigenvalue weighted by Gasteiger charge is -2.44. The first-order valence-electron chi connectivity index (χ1n) is 7.76. The van der Waals surface area contributed by atoms with Crippen molar-refractivity contribution >= 4 is 5.91 Å². The van der Waals surface area contributed by atoms with Crippen LogP contribution in [0.5, 0.6) is 0 Å². The van der Waals surface area contributed by atoms with Gasteiger partial charge in [-0.2, -0.15) is 0 Å². The van der Waals surface area contributed by atoms with Crippen LogP contribution in [-0.2, 0) is 11.3 Å². The number of nitrogens with zero attached hydrogens (tertiary/aromatic N) is 1. The van der Waals surface area contributed by atoms with Gasteiger partial charge in [0.25, 0.3) is 0 Å².